The number of carbonyl (C=O) groups excluding carboxylic acids is 1. The normalized spacial score (nSPS) is 32.6. The number of hydrogen-bond acceptors (Lipinski definition) is 2. The number of aldehydes is 1. The standard InChI is InChI=1S/C7H8O2/c8-5-6-3-1-2-4-7(6)9/h1-7,9H/t6-,7+/m1/s1. The summed E-state index contributed by atoms with van der Waals surface area (Å²) in [6.07, 6.45) is 6.88. The largest absolute Gasteiger partial charge is 0.388 e. The van der Waals surface area contributed by atoms with Gasteiger partial charge in [0.05, 0.1) is 12.0 Å². The third-order valence-electron chi connectivity index (χ3n) is 1.30. The maximum atomic E-state index is 10.1. The van der Waals surface area contributed by atoms with Crippen LogP contribution in [0, 0.1) is 5.92 Å². The number of allylic oxidation sites excluding steroid dienone is 2. The molecule has 0 saturated heterocycles. The second-order valence-electron chi connectivity index (χ2n) is 1.97. The van der Waals surface area contributed by atoms with E-state index in [2.05, 4.69) is 0 Å². The Kier molecular flexibility index (Phi) is 1.80. The highest BCUT2D eigenvalue weighted by atomic mass is 16.3. The van der Waals surface area contributed by atoms with Crippen LogP contribution in [0.15, 0.2) is 24.3 Å². The molecule has 9 heavy (non-hydrogen) atoms. The summed E-state index contributed by atoms with van der Waals surface area (Å²) >= 11 is 0. The highest BCUT2D eigenvalue weighted by Gasteiger charge is 2.13. The first-order valence-electron chi connectivity index (χ1n) is 2.83. The van der Waals surface area contributed by atoms with E-state index in [0.717, 1.165) is 6.29 Å². The molecule has 1 N–H and O–H groups in total. The Balaban J connectivity index is 2.65. The van der Waals surface area contributed by atoms with Crippen LogP contribution in [-0.2, 0) is 4.79 Å². The number of rotatable bonds is 1. The Labute approximate surface area is 53.5 Å². The number of aliphatic hydroxyl groups is 1. The van der Waals surface area contributed by atoms with E-state index in [1.54, 1.807) is 24.3 Å². The van der Waals surface area contributed by atoms with Crippen molar-refractivity contribution in [2.75, 3.05) is 0 Å². The van der Waals surface area contributed by atoms with E-state index in [0.29, 0.717) is 0 Å². The minimum atomic E-state index is -0.618. The molecule has 0 radical (unpaired) electrons. The smallest absolute Gasteiger partial charge is 0.129 e. The summed E-state index contributed by atoms with van der Waals surface area (Å²) in [5.41, 5.74) is 0. The molecule has 0 unspecified atom stereocenters. The zero-order valence-electron chi connectivity index (χ0n) is 4.90. The van der Waals surface area contributed by atoms with Gasteiger partial charge in [-0.05, 0) is 0 Å². The quantitative estimate of drug-likeness (QED) is 0.510. The summed E-state index contributed by atoms with van der Waals surface area (Å²) in [6.45, 7) is 0. The van der Waals surface area contributed by atoms with Crippen LogP contribution >= 0.6 is 0 Å². The predicted octanol–water partition coefficient (Wildman–Crippen LogP) is 0.288. The van der Waals surface area contributed by atoms with Crippen molar-refractivity contribution in [2.45, 2.75) is 6.10 Å². The van der Waals surface area contributed by atoms with Gasteiger partial charge in [0.15, 0.2) is 0 Å². The lowest BCUT2D eigenvalue weighted by molar-refractivity contribution is -0.111. The molecule has 1 aliphatic carbocycles. The number of hydrogen-bond donors (Lipinski definition) is 1. The van der Waals surface area contributed by atoms with Crippen LogP contribution in [0.5, 0.6) is 0 Å². The summed E-state index contributed by atoms with van der Waals surface area (Å²) < 4.78 is 0. The topological polar surface area (TPSA) is 37.3 Å². The Hall–Kier alpha value is -0.890. The van der Waals surface area contributed by atoms with Gasteiger partial charge in [-0.25, -0.2) is 0 Å². The third-order valence-corrected chi connectivity index (χ3v) is 1.30. The van der Waals surface area contributed by atoms with Gasteiger partial charge in [0, 0.05) is 0 Å². The molecular formula is C7H8O2. The van der Waals surface area contributed by atoms with E-state index >= 15 is 0 Å². The van der Waals surface area contributed by atoms with Gasteiger partial charge in [-0.15, -0.1) is 0 Å². The van der Waals surface area contributed by atoms with Crippen molar-refractivity contribution < 1.29 is 9.90 Å². The summed E-state index contributed by atoms with van der Waals surface area (Å²) in [5, 5.41) is 9.00. The lowest BCUT2D eigenvalue weighted by Crippen LogP contribution is -2.18. The van der Waals surface area contributed by atoms with Gasteiger partial charge in [0.1, 0.15) is 6.29 Å². The van der Waals surface area contributed by atoms with Crippen molar-refractivity contribution in [3.63, 3.8) is 0 Å². The lowest BCUT2D eigenvalue weighted by Gasteiger charge is -2.11. The van der Waals surface area contributed by atoms with Crippen LogP contribution < -0.4 is 0 Å². The first-order valence-corrected chi connectivity index (χ1v) is 2.83. The molecule has 2 heteroatoms. The molecule has 2 nitrogen and oxygen atoms in total. The lowest BCUT2D eigenvalue weighted by atomic mass is 10.00. The number of aliphatic hydroxyl groups excluding tert-OH is 1. The molecule has 1 aliphatic rings. The monoisotopic (exact) mass is 124 g/mol. The third kappa shape index (κ3) is 1.27. The summed E-state index contributed by atoms with van der Waals surface area (Å²) in [7, 11) is 0. The van der Waals surface area contributed by atoms with Crippen molar-refractivity contribution in [1.82, 2.24) is 0 Å². The van der Waals surface area contributed by atoms with Gasteiger partial charge in [-0.2, -0.15) is 0 Å². The van der Waals surface area contributed by atoms with Crippen LogP contribution in [0.25, 0.3) is 0 Å². The van der Waals surface area contributed by atoms with Crippen molar-refractivity contribution in [3.05, 3.63) is 24.3 Å². The summed E-state index contributed by atoms with van der Waals surface area (Å²) in [6, 6.07) is 0. The van der Waals surface area contributed by atoms with Crippen LogP contribution in [0.1, 0.15) is 0 Å². The number of carbonyl (C=O) groups is 1. The van der Waals surface area contributed by atoms with Crippen LogP contribution in [0.2, 0.25) is 0 Å². The fraction of sp³-hybridized carbons (Fsp3) is 0.286. The Morgan fingerprint density at radius 3 is 2.44 bits per heavy atom. The van der Waals surface area contributed by atoms with Gasteiger partial charge < -0.3 is 9.90 Å². The first-order chi connectivity index (χ1) is 4.34. The molecule has 0 bridgehead atoms. The molecule has 0 aromatic heterocycles. The van der Waals surface area contributed by atoms with Crippen LogP contribution in [0.3, 0.4) is 0 Å². The van der Waals surface area contributed by atoms with Crippen LogP contribution in [-0.4, -0.2) is 17.5 Å². The summed E-state index contributed by atoms with van der Waals surface area (Å²) in [4.78, 5) is 10.1. The first kappa shape index (κ1) is 6.23. The van der Waals surface area contributed by atoms with Gasteiger partial charge in [-0.3, -0.25) is 0 Å². The molecule has 1 rings (SSSR count). The van der Waals surface area contributed by atoms with Crippen molar-refractivity contribution in [2.24, 2.45) is 5.92 Å². The molecule has 48 valence electrons. The van der Waals surface area contributed by atoms with Crippen LogP contribution in [0.4, 0.5) is 0 Å². The van der Waals surface area contributed by atoms with Crippen molar-refractivity contribution in [3.8, 4) is 0 Å². The van der Waals surface area contributed by atoms with E-state index in [4.69, 9.17) is 5.11 Å². The fourth-order valence-corrected chi connectivity index (χ4v) is 0.738. The molecule has 0 saturated carbocycles. The zero-order valence-corrected chi connectivity index (χ0v) is 4.90. The average Bonchev–Trinajstić information content (AvgIpc) is 1.89. The molecule has 0 spiro atoms. The minimum Gasteiger partial charge on any atom is -0.388 e. The van der Waals surface area contributed by atoms with Gasteiger partial charge >= 0.3 is 0 Å². The van der Waals surface area contributed by atoms with Gasteiger partial charge in [-0.1, -0.05) is 24.3 Å². The van der Waals surface area contributed by atoms with Crippen molar-refractivity contribution in [1.29, 1.82) is 0 Å². The predicted molar refractivity (Wildman–Crippen MR) is 33.8 cm³/mol. The average molecular weight is 124 g/mol. The maximum absolute atomic E-state index is 10.1. The van der Waals surface area contributed by atoms with E-state index in [1.807, 2.05) is 0 Å². The fourth-order valence-electron chi connectivity index (χ4n) is 0.738. The zero-order chi connectivity index (χ0) is 6.69. The molecular weight excluding hydrogens is 116 g/mol. The van der Waals surface area contributed by atoms with E-state index in [9.17, 15) is 4.79 Å². The Morgan fingerprint density at radius 2 is 2.00 bits per heavy atom. The molecule has 2 atom stereocenters. The molecule has 0 aliphatic heterocycles. The molecule has 0 fully saturated rings. The van der Waals surface area contributed by atoms with Gasteiger partial charge in [0.25, 0.3) is 0 Å². The Bertz CT molecular complexity index is 158. The van der Waals surface area contributed by atoms with Gasteiger partial charge in [0.2, 0.25) is 0 Å². The SMILES string of the molecule is O=C[C@H]1C=CC=C[C@@H]1O. The van der Waals surface area contributed by atoms with E-state index in [-0.39, 0.29) is 5.92 Å². The highest BCUT2D eigenvalue weighted by Crippen LogP contribution is 2.08. The Morgan fingerprint density at radius 1 is 1.33 bits per heavy atom. The minimum absolute atomic E-state index is 0.338. The van der Waals surface area contributed by atoms with E-state index in [1.165, 1.54) is 0 Å². The highest BCUT2D eigenvalue weighted by molar-refractivity contribution is 5.59. The molecule has 0 aromatic carbocycles. The maximum Gasteiger partial charge on any atom is 0.129 e. The summed E-state index contributed by atoms with van der Waals surface area (Å²) in [5.74, 6) is -0.338. The second-order valence-corrected chi connectivity index (χ2v) is 1.97. The molecule has 0 aromatic rings. The second kappa shape index (κ2) is 2.60. The molecule has 0 heterocycles. The van der Waals surface area contributed by atoms with E-state index < -0.39 is 6.10 Å². The molecule has 0 amide bonds. The van der Waals surface area contributed by atoms with Crippen molar-refractivity contribution >= 4 is 6.29 Å².